The molecule has 0 bridgehead atoms. The number of benzene rings is 1. The number of hydrogen-bond donors (Lipinski definition) is 3. The van der Waals surface area contributed by atoms with Crippen molar-refractivity contribution in [3.63, 3.8) is 0 Å². The third kappa shape index (κ3) is 5.36. The van der Waals surface area contributed by atoms with E-state index >= 15 is 0 Å². The third-order valence-corrected chi connectivity index (χ3v) is 4.22. The van der Waals surface area contributed by atoms with Gasteiger partial charge in [-0.2, -0.15) is 0 Å². The Labute approximate surface area is 137 Å². The Morgan fingerprint density at radius 1 is 1.22 bits per heavy atom. The lowest BCUT2D eigenvalue weighted by Crippen LogP contribution is -2.35. The summed E-state index contributed by atoms with van der Waals surface area (Å²) < 4.78 is 0. The average molecular weight is 318 g/mol. The molecule has 5 nitrogen and oxygen atoms in total. The first-order chi connectivity index (χ1) is 11.0. The van der Waals surface area contributed by atoms with Crippen molar-refractivity contribution in [3.8, 4) is 0 Å². The Morgan fingerprint density at radius 2 is 1.96 bits per heavy atom. The van der Waals surface area contributed by atoms with E-state index in [1.807, 2.05) is 6.92 Å². The highest BCUT2D eigenvalue weighted by Gasteiger charge is 2.31. The van der Waals surface area contributed by atoms with Gasteiger partial charge in [-0.05, 0) is 37.5 Å². The molecule has 1 aromatic rings. The first-order valence-electron chi connectivity index (χ1n) is 8.43. The van der Waals surface area contributed by atoms with Gasteiger partial charge in [0.1, 0.15) is 0 Å². The fourth-order valence-electron chi connectivity index (χ4n) is 2.97. The second kappa shape index (κ2) is 8.11. The van der Waals surface area contributed by atoms with Crippen LogP contribution in [-0.4, -0.2) is 29.1 Å². The smallest absolute Gasteiger partial charge is 0.251 e. The van der Waals surface area contributed by atoms with E-state index in [0.717, 1.165) is 25.7 Å². The number of anilines is 1. The van der Waals surface area contributed by atoms with Crippen LogP contribution in [0.5, 0.6) is 0 Å². The van der Waals surface area contributed by atoms with Gasteiger partial charge in [-0.1, -0.05) is 32.3 Å². The molecule has 1 saturated carbocycles. The van der Waals surface area contributed by atoms with Crippen molar-refractivity contribution < 1.29 is 14.7 Å². The fourth-order valence-corrected chi connectivity index (χ4v) is 2.97. The van der Waals surface area contributed by atoms with E-state index < -0.39 is 5.60 Å². The lowest BCUT2D eigenvalue weighted by molar-refractivity contribution is -0.122. The molecule has 0 aliphatic heterocycles. The molecule has 3 N–H and O–H groups in total. The van der Waals surface area contributed by atoms with Crippen molar-refractivity contribution in [3.05, 3.63) is 29.8 Å². The molecule has 1 fully saturated rings. The minimum absolute atomic E-state index is 0.110. The average Bonchev–Trinajstić information content (AvgIpc) is 2.52. The highest BCUT2D eigenvalue weighted by molar-refractivity contribution is 5.97. The number of aliphatic hydroxyl groups is 1. The molecule has 23 heavy (non-hydrogen) atoms. The van der Waals surface area contributed by atoms with Gasteiger partial charge in [0.25, 0.3) is 5.91 Å². The van der Waals surface area contributed by atoms with E-state index in [4.69, 9.17) is 0 Å². The molecule has 0 unspecified atom stereocenters. The van der Waals surface area contributed by atoms with E-state index in [9.17, 15) is 14.7 Å². The van der Waals surface area contributed by atoms with Crippen molar-refractivity contribution in [2.75, 3.05) is 11.9 Å². The van der Waals surface area contributed by atoms with Crippen LogP contribution in [0.4, 0.5) is 5.69 Å². The fraction of sp³-hybridized carbons (Fsp3) is 0.556. The maximum absolute atomic E-state index is 12.2. The van der Waals surface area contributed by atoms with Crippen molar-refractivity contribution in [2.45, 2.75) is 57.5 Å². The van der Waals surface area contributed by atoms with Crippen LogP contribution in [0, 0.1) is 0 Å². The van der Waals surface area contributed by atoms with Crippen molar-refractivity contribution in [1.29, 1.82) is 0 Å². The Kier molecular flexibility index (Phi) is 6.16. The lowest BCUT2D eigenvalue weighted by Gasteiger charge is -2.31. The number of nitrogens with one attached hydrogen (secondary N) is 2. The Hall–Kier alpha value is -1.88. The van der Waals surface area contributed by atoms with E-state index in [0.29, 0.717) is 30.6 Å². The number of hydrogen-bond acceptors (Lipinski definition) is 3. The summed E-state index contributed by atoms with van der Waals surface area (Å²) in [6.45, 7) is 2.62. The second-order valence-electron chi connectivity index (χ2n) is 6.35. The van der Waals surface area contributed by atoms with Crippen LogP contribution in [0.2, 0.25) is 0 Å². The molecule has 1 aliphatic rings. The van der Waals surface area contributed by atoms with Gasteiger partial charge in [0, 0.05) is 17.8 Å². The summed E-state index contributed by atoms with van der Waals surface area (Å²) >= 11 is 0. The van der Waals surface area contributed by atoms with E-state index in [1.165, 1.54) is 0 Å². The van der Waals surface area contributed by atoms with Gasteiger partial charge in [-0.25, -0.2) is 0 Å². The zero-order valence-electron chi connectivity index (χ0n) is 13.7. The predicted octanol–water partition coefficient (Wildman–Crippen LogP) is 2.85. The molecule has 5 heteroatoms. The van der Waals surface area contributed by atoms with Gasteiger partial charge in [0.2, 0.25) is 5.91 Å². The monoisotopic (exact) mass is 318 g/mol. The van der Waals surface area contributed by atoms with Crippen molar-refractivity contribution >= 4 is 17.5 Å². The molecule has 1 aliphatic carbocycles. The molecule has 0 aromatic heterocycles. The van der Waals surface area contributed by atoms with Gasteiger partial charge >= 0.3 is 0 Å². The third-order valence-electron chi connectivity index (χ3n) is 4.22. The second-order valence-corrected chi connectivity index (χ2v) is 6.35. The number of amides is 2. The van der Waals surface area contributed by atoms with Crippen LogP contribution in [0.3, 0.4) is 0 Å². The first-order valence-corrected chi connectivity index (χ1v) is 8.43. The SMILES string of the molecule is CCCNC(=O)c1cccc(NC(=O)CC2(O)CCCCC2)c1. The van der Waals surface area contributed by atoms with Crippen molar-refractivity contribution in [2.24, 2.45) is 0 Å². The molecule has 126 valence electrons. The number of carbonyl (C=O) groups excluding carboxylic acids is 2. The van der Waals surface area contributed by atoms with Gasteiger partial charge in [0.05, 0.1) is 12.0 Å². The van der Waals surface area contributed by atoms with Crippen LogP contribution in [0.1, 0.15) is 62.2 Å². The number of rotatable bonds is 6. The van der Waals surface area contributed by atoms with E-state index in [-0.39, 0.29) is 18.2 Å². The molecule has 0 atom stereocenters. The summed E-state index contributed by atoms with van der Waals surface area (Å²) in [4.78, 5) is 24.1. The Balaban J connectivity index is 1.94. The molecule has 0 radical (unpaired) electrons. The molecule has 2 amide bonds. The summed E-state index contributed by atoms with van der Waals surface area (Å²) in [5.41, 5.74) is 0.226. The van der Waals surface area contributed by atoms with Crippen LogP contribution in [0.25, 0.3) is 0 Å². The topological polar surface area (TPSA) is 78.4 Å². The predicted molar refractivity (Wildman–Crippen MR) is 90.3 cm³/mol. The van der Waals surface area contributed by atoms with E-state index in [1.54, 1.807) is 24.3 Å². The molecule has 0 spiro atoms. The van der Waals surface area contributed by atoms with Crippen LogP contribution < -0.4 is 10.6 Å². The lowest BCUT2D eigenvalue weighted by atomic mass is 9.82. The molecule has 2 rings (SSSR count). The highest BCUT2D eigenvalue weighted by Crippen LogP contribution is 2.31. The van der Waals surface area contributed by atoms with Gasteiger partial charge in [-0.3, -0.25) is 9.59 Å². The summed E-state index contributed by atoms with van der Waals surface area (Å²) in [6, 6.07) is 6.87. The Morgan fingerprint density at radius 3 is 2.65 bits per heavy atom. The zero-order chi connectivity index (χ0) is 16.7. The number of carbonyl (C=O) groups is 2. The normalized spacial score (nSPS) is 16.6. The summed E-state index contributed by atoms with van der Waals surface area (Å²) in [5.74, 6) is -0.352. The van der Waals surface area contributed by atoms with Gasteiger partial charge < -0.3 is 15.7 Å². The summed E-state index contributed by atoms with van der Waals surface area (Å²) in [6.07, 6.45) is 5.41. The first kappa shape index (κ1) is 17.5. The Bertz CT molecular complexity index is 551. The minimum Gasteiger partial charge on any atom is -0.389 e. The largest absolute Gasteiger partial charge is 0.389 e. The quantitative estimate of drug-likeness (QED) is 0.754. The maximum atomic E-state index is 12.2. The zero-order valence-corrected chi connectivity index (χ0v) is 13.7. The maximum Gasteiger partial charge on any atom is 0.251 e. The van der Waals surface area contributed by atoms with Crippen molar-refractivity contribution in [1.82, 2.24) is 5.32 Å². The molecule has 1 aromatic carbocycles. The van der Waals surface area contributed by atoms with Gasteiger partial charge in [0.15, 0.2) is 0 Å². The molecule has 0 saturated heterocycles. The molecular weight excluding hydrogens is 292 g/mol. The standard InChI is InChI=1S/C18H26N2O3/c1-2-11-19-17(22)14-7-6-8-15(12-14)20-16(21)13-18(23)9-4-3-5-10-18/h6-8,12,23H,2-5,9-11,13H2,1H3,(H,19,22)(H,20,21). The minimum atomic E-state index is -0.877. The van der Waals surface area contributed by atoms with Crippen LogP contribution in [0.15, 0.2) is 24.3 Å². The summed E-state index contributed by atoms with van der Waals surface area (Å²) in [7, 11) is 0. The van der Waals surface area contributed by atoms with Gasteiger partial charge in [-0.15, -0.1) is 0 Å². The highest BCUT2D eigenvalue weighted by atomic mass is 16.3. The van der Waals surface area contributed by atoms with E-state index in [2.05, 4.69) is 10.6 Å². The summed E-state index contributed by atoms with van der Waals surface area (Å²) in [5, 5.41) is 16.0. The molecular formula is C18H26N2O3. The van der Waals surface area contributed by atoms with Crippen LogP contribution in [-0.2, 0) is 4.79 Å². The molecule has 0 heterocycles. The van der Waals surface area contributed by atoms with Crippen LogP contribution >= 0.6 is 0 Å².